The van der Waals surface area contributed by atoms with Crippen molar-refractivity contribution >= 4 is 11.2 Å². The summed E-state index contributed by atoms with van der Waals surface area (Å²) in [5.74, 6) is 0.0929. The van der Waals surface area contributed by atoms with Gasteiger partial charge in [-0.05, 0) is 33.1 Å². The molecule has 1 atom stereocenters. The summed E-state index contributed by atoms with van der Waals surface area (Å²) in [5.41, 5.74) is -1.64. The van der Waals surface area contributed by atoms with Gasteiger partial charge in [0.25, 0.3) is 5.56 Å². The number of aromatic nitrogens is 4. The van der Waals surface area contributed by atoms with Crippen molar-refractivity contribution in [3.05, 3.63) is 26.7 Å². The van der Waals surface area contributed by atoms with Crippen molar-refractivity contribution in [2.24, 2.45) is 14.0 Å². The third kappa shape index (κ3) is 2.78. The lowest BCUT2D eigenvalue weighted by Crippen LogP contribution is -2.39. The van der Waals surface area contributed by atoms with Gasteiger partial charge in [0.05, 0.1) is 6.10 Å². The second-order valence-electron chi connectivity index (χ2n) is 4.95. The molecule has 0 aliphatic carbocycles. The first-order chi connectivity index (χ1) is 11.8. The molecule has 0 spiro atoms. The minimum Gasteiger partial charge on any atom is -0.393 e. The van der Waals surface area contributed by atoms with Crippen molar-refractivity contribution in [2.75, 3.05) is 0 Å². The topological polar surface area (TPSA) is 82.0 Å². The standard InChI is InChI=1S/C14H22N4O3/c1-9(19)7-5-6-8-18-13(20)11-12(17(4)14(18)21)15-10(2)16(11)3/h9,19H,5-8H2,1-4H3/t9-/m0/s1/i3D3,7D2. The summed E-state index contributed by atoms with van der Waals surface area (Å²) in [6.07, 6.45) is -2.98. The molecule has 21 heavy (non-hydrogen) atoms. The van der Waals surface area contributed by atoms with Gasteiger partial charge in [0.1, 0.15) is 5.82 Å². The van der Waals surface area contributed by atoms with Gasteiger partial charge in [-0.3, -0.25) is 13.9 Å². The summed E-state index contributed by atoms with van der Waals surface area (Å²) in [4.78, 5) is 29.3. The van der Waals surface area contributed by atoms with Crippen LogP contribution >= 0.6 is 0 Å². The third-order valence-corrected chi connectivity index (χ3v) is 3.31. The van der Waals surface area contributed by atoms with Gasteiger partial charge in [-0.1, -0.05) is 0 Å². The minimum absolute atomic E-state index is 0.0100. The molecule has 1 N–H and O–H groups in total. The Bertz CT molecular complexity index is 939. The second-order valence-corrected chi connectivity index (χ2v) is 4.95. The van der Waals surface area contributed by atoms with Crippen molar-refractivity contribution in [3.63, 3.8) is 0 Å². The Morgan fingerprint density at radius 3 is 2.71 bits per heavy atom. The fourth-order valence-corrected chi connectivity index (χ4v) is 2.17. The zero-order valence-electron chi connectivity index (χ0n) is 17.3. The Balaban J connectivity index is 2.55. The summed E-state index contributed by atoms with van der Waals surface area (Å²) in [5, 5.41) is 9.42. The molecule has 0 fully saturated rings. The predicted octanol–water partition coefficient (Wildman–Crippen LogP) is 0.293. The molecule has 2 aromatic rings. The van der Waals surface area contributed by atoms with E-state index in [9.17, 15) is 14.7 Å². The monoisotopic (exact) mass is 299 g/mol. The largest absolute Gasteiger partial charge is 0.393 e. The maximum Gasteiger partial charge on any atom is 0.332 e. The van der Waals surface area contributed by atoms with E-state index in [-0.39, 0.29) is 36.4 Å². The van der Waals surface area contributed by atoms with Gasteiger partial charge in [0.15, 0.2) is 11.2 Å². The van der Waals surface area contributed by atoms with Gasteiger partial charge in [-0.2, -0.15) is 0 Å². The van der Waals surface area contributed by atoms with Gasteiger partial charge in [-0.15, -0.1) is 0 Å². The zero-order chi connectivity index (χ0) is 20.0. The summed E-state index contributed by atoms with van der Waals surface area (Å²) < 4.78 is 41.1. The second kappa shape index (κ2) is 5.85. The van der Waals surface area contributed by atoms with Crippen LogP contribution in [0.5, 0.6) is 0 Å². The molecule has 0 aromatic carbocycles. The maximum absolute atomic E-state index is 12.8. The molecule has 0 unspecified atom stereocenters. The normalized spacial score (nSPS) is 17.8. The van der Waals surface area contributed by atoms with E-state index in [1.165, 1.54) is 20.9 Å². The van der Waals surface area contributed by atoms with E-state index < -0.39 is 30.7 Å². The number of rotatable bonds is 5. The van der Waals surface area contributed by atoms with Crippen LogP contribution in [0.4, 0.5) is 0 Å². The number of nitrogens with zero attached hydrogens (tertiary/aromatic N) is 4. The first-order valence-electron chi connectivity index (χ1n) is 9.16. The Morgan fingerprint density at radius 2 is 2.10 bits per heavy atom. The highest BCUT2D eigenvalue weighted by atomic mass is 16.3. The van der Waals surface area contributed by atoms with Crippen LogP contribution in [-0.2, 0) is 20.6 Å². The molecule has 0 saturated carbocycles. The maximum atomic E-state index is 12.8. The molecule has 0 amide bonds. The van der Waals surface area contributed by atoms with Crippen molar-refractivity contribution in [1.82, 2.24) is 18.7 Å². The molecular weight excluding hydrogens is 272 g/mol. The number of imidazole rings is 1. The number of hydrogen-bond acceptors (Lipinski definition) is 4. The molecular formula is C14H22N4O3. The summed E-state index contributed by atoms with van der Waals surface area (Å²) in [7, 11) is 1.39. The number of hydrogen-bond donors (Lipinski definition) is 1. The van der Waals surface area contributed by atoms with Gasteiger partial charge < -0.3 is 9.67 Å². The van der Waals surface area contributed by atoms with Crippen molar-refractivity contribution in [1.29, 1.82) is 0 Å². The lowest BCUT2D eigenvalue weighted by atomic mass is 10.2. The van der Waals surface area contributed by atoms with E-state index in [2.05, 4.69) is 4.98 Å². The molecule has 7 nitrogen and oxygen atoms in total. The first-order valence-corrected chi connectivity index (χ1v) is 6.66. The average Bonchev–Trinajstić information content (AvgIpc) is 2.86. The highest BCUT2D eigenvalue weighted by Crippen LogP contribution is 2.08. The van der Waals surface area contributed by atoms with Crippen LogP contribution in [0.25, 0.3) is 11.2 Å². The fraction of sp³-hybridized carbons (Fsp3) is 0.643. The van der Waals surface area contributed by atoms with E-state index >= 15 is 0 Å². The van der Waals surface area contributed by atoms with Crippen molar-refractivity contribution in [3.8, 4) is 0 Å². The molecule has 2 aromatic heterocycles. The number of aryl methyl sites for hydroxylation is 3. The highest BCUT2D eigenvalue weighted by molar-refractivity contribution is 5.70. The van der Waals surface area contributed by atoms with Crippen LogP contribution in [0, 0.1) is 6.92 Å². The van der Waals surface area contributed by atoms with Crippen LogP contribution < -0.4 is 11.2 Å². The molecule has 2 rings (SSSR count). The smallest absolute Gasteiger partial charge is 0.332 e. The Hall–Kier alpha value is -1.89. The Kier molecular flexibility index (Phi) is 2.77. The average molecular weight is 299 g/mol. The van der Waals surface area contributed by atoms with Gasteiger partial charge in [0.2, 0.25) is 0 Å². The number of aliphatic hydroxyl groups excluding tert-OH is 1. The van der Waals surface area contributed by atoms with Crippen molar-refractivity contribution in [2.45, 2.75) is 45.7 Å². The van der Waals surface area contributed by atoms with E-state index in [1.807, 2.05) is 0 Å². The third-order valence-electron chi connectivity index (χ3n) is 3.31. The van der Waals surface area contributed by atoms with E-state index in [1.54, 1.807) is 0 Å². The quantitative estimate of drug-likeness (QED) is 0.860. The molecule has 0 saturated heterocycles. The molecule has 0 aliphatic rings. The summed E-state index contributed by atoms with van der Waals surface area (Å²) in [6.45, 7) is 0.0443. The molecule has 0 radical (unpaired) electrons. The highest BCUT2D eigenvalue weighted by Gasteiger charge is 2.16. The van der Waals surface area contributed by atoms with Crippen molar-refractivity contribution < 1.29 is 12.0 Å². The number of aliphatic hydroxyl groups is 1. The SMILES string of the molecule is [2H]C([2H])(CCCn1c(=O)c2c(nc(C)n2C([2H])([2H])[2H])n(C)c1=O)[C@H](C)O. The van der Waals surface area contributed by atoms with Gasteiger partial charge >= 0.3 is 5.69 Å². The summed E-state index contributed by atoms with van der Waals surface area (Å²) >= 11 is 0. The van der Waals surface area contributed by atoms with E-state index in [0.29, 0.717) is 0 Å². The lowest BCUT2D eigenvalue weighted by Gasteiger charge is -2.09. The molecule has 0 bridgehead atoms. The fourth-order valence-electron chi connectivity index (χ4n) is 2.17. The molecule has 0 aliphatic heterocycles. The predicted molar refractivity (Wildman–Crippen MR) is 80.5 cm³/mol. The van der Waals surface area contributed by atoms with Gasteiger partial charge in [0, 0.05) is 27.4 Å². The summed E-state index contributed by atoms with van der Waals surface area (Å²) in [6, 6.07) is 0. The van der Waals surface area contributed by atoms with Crippen LogP contribution in [0.2, 0.25) is 0 Å². The molecule has 2 heterocycles. The van der Waals surface area contributed by atoms with Gasteiger partial charge in [-0.25, -0.2) is 9.78 Å². The Morgan fingerprint density at radius 1 is 1.38 bits per heavy atom. The zero-order valence-corrected chi connectivity index (χ0v) is 12.3. The minimum atomic E-state index is -2.63. The van der Waals surface area contributed by atoms with E-state index in [0.717, 1.165) is 13.7 Å². The molecule has 7 heteroatoms. The van der Waals surface area contributed by atoms with Crippen LogP contribution in [0.15, 0.2) is 9.59 Å². The Labute approximate surface area is 129 Å². The lowest BCUT2D eigenvalue weighted by molar-refractivity contribution is 0.180. The van der Waals surface area contributed by atoms with Crippen LogP contribution in [-0.4, -0.2) is 29.9 Å². The number of fused-ring (bicyclic) bond motifs is 1. The van der Waals surface area contributed by atoms with Crippen LogP contribution in [0.1, 0.15) is 38.8 Å². The first kappa shape index (κ1) is 9.94. The van der Waals surface area contributed by atoms with E-state index in [4.69, 9.17) is 6.85 Å². The van der Waals surface area contributed by atoms with Crippen LogP contribution in [0.3, 0.4) is 0 Å². The molecule has 116 valence electrons.